The molecule has 1 aliphatic heterocycles. The van der Waals surface area contributed by atoms with E-state index in [1.807, 2.05) is 53.9 Å². The van der Waals surface area contributed by atoms with Crippen molar-refractivity contribution in [3.8, 4) is 11.1 Å². The first-order valence-corrected chi connectivity index (χ1v) is 12.9. The van der Waals surface area contributed by atoms with Gasteiger partial charge in [0.2, 0.25) is 0 Å². The highest BCUT2D eigenvalue weighted by Gasteiger charge is 2.24. The largest absolute Gasteiger partial charge is 0.465 e. The van der Waals surface area contributed by atoms with E-state index in [0.717, 1.165) is 65.6 Å². The number of hydrogen-bond donors (Lipinski definition) is 1. The average molecular weight is 484 g/mol. The van der Waals surface area contributed by atoms with Crippen molar-refractivity contribution in [2.75, 3.05) is 25.0 Å². The van der Waals surface area contributed by atoms with Crippen molar-refractivity contribution >= 4 is 29.0 Å². The van der Waals surface area contributed by atoms with Gasteiger partial charge in [-0.3, -0.25) is 9.69 Å². The van der Waals surface area contributed by atoms with Crippen LogP contribution in [-0.2, 0) is 0 Å². The number of nitrogens with zero attached hydrogens (tertiary/aromatic N) is 2. The first kappa shape index (κ1) is 23.3. The molecule has 0 unspecified atom stereocenters. The number of carbonyl (C=O) groups excluding carboxylic acids is 1. The molecule has 2 aromatic heterocycles. The second-order valence-corrected chi connectivity index (χ2v) is 9.82. The maximum atomic E-state index is 13.1. The Morgan fingerprint density at radius 3 is 2.74 bits per heavy atom. The number of aryl methyl sites for hydroxylation is 1. The molecule has 3 heterocycles. The summed E-state index contributed by atoms with van der Waals surface area (Å²) in [4.78, 5) is 20.2. The van der Waals surface area contributed by atoms with Crippen LogP contribution in [0.3, 0.4) is 0 Å². The van der Waals surface area contributed by atoms with Gasteiger partial charge in [0.05, 0.1) is 11.3 Å². The Balaban J connectivity index is 1.19. The quantitative estimate of drug-likeness (QED) is 0.312. The molecule has 1 amide bonds. The van der Waals surface area contributed by atoms with E-state index in [1.165, 1.54) is 0 Å². The molecule has 4 aromatic rings. The van der Waals surface area contributed by atoms with E-state index >= 15 is 0 Å². The number of furan rings is 1. The summed E-state index contributed by atoms with van der Waals surface area (Å²) in [6.45, 7) is 5.03. The highest BCUT2D eigenvalue weighted by atomic mass is 32.1. The fraction of sp³-hybridized carbons (Fsp3) is 0.241. The lowest BCUT2D eigenvalue weighted by Crippen LogP contribution is -2.33. The highest BCUT2D eigenvalue weighted by Crippen LogP contribution is 2.32. The van der Waals surface area contributed by atoms with Crippen LogP contribution in [0, 0.1) is 6.92 Å². The number of amides is 1. The zero-order valence-corrected chi connectivity index (χ0v) is 20.6. The number of likely N-dealkylation sites (tertiary alicyclic amines) is 1. The molecule has 1 fully saturated rings. The number of benzene rings is 2. The number of piperidine rings is 1. The first-order valence-electron chi connectivity index (χ1n) is 12.0. The third-order valence-corrected chi connectivity index (χ3v) is 7.40. The molecule has 0 bridgehead atoms. The number of hydrogen-bond acceptors (Lipinski definition) is 5. The number of rotatable bonds is 7. The first-order chi connectivity index (χ1) is 17.2. The molecule has 0 aliphatic carbocycles. The van der Waals surface area contributed by atoms with Crippen LogP contribution >= 0.6 is 11.3 Å². The Morgan fingerprint density at radius 1 is 1.14 bits per heavy atom. The Labute approximate surface area is 210 Å². The molecule has 1 saturated heterocycles. The van der Waals surface area contributed by atoms with Gasteiger partial charge in [-0.15, -0.1) is 11.3 Å². The third-order valence-electron chi connectivity index (χ3n) is 6.39. The lowest BCUT2D eigenvalue weighted by molar-refractivity contribution is 0.102. The van der Waals surface area contributed by atoms with Crippen molar-refractivity contribution < 1.29 is 9.21 Å². The standard InChI is InChI=1S/C29H29N3O2S/c1-21-11-12-26(25(19-21)22-7-3-2-4-8-22)30-28(33)27-20-35-29(31-27)23-13-16-32(17-14-23)15-5-9-24-10-6-18-34-24/h2-12,18-20,23H,13-17H2,1H3,(H,30,33). The summed E-state index contributed by atoms with van der Waals surface area (Å²) in [5.41, 5.74) is 4.55. The Morgan fingerprint density at radius 2 is 1.97 bits per heavy atom. The zero-order valence-electron chi connectivity index (χ0n) is 19.8. The van der Waals surface area contributed by atoms with E-state index in [0.29, 0.717) is 11.6 Å². The monoisotopic (exact) mass is 483 g/mol. The number of nitrogens with one attached hydrogen (secondary N) is 1. The fourth-order valence-electron chi connectivity index (χ4n) is 4.46. The summed E-state index contributed by atoms with van der Waals surface area (Å²) in [5, 5.41) is 6.04. The lowest BCUT2D eigenvalue weighted by atomic mass is 9.97. The Bertz CT molecular complexity index is 1290. The van der Waals surface area contributed by atoms with Gasteiger partial charge in [-0.05, 0) is 68.8 Å². The molecule has 0 atom stereocenters. The van der Waals surface area contributed by atoms with Crippen LogP contribution in [0.2, 0.25) is 0 Å². The molecular formula is C29H29N3O2S. The SMILES string of the molecule is Cc1ccc(NC(=O)c2csc(C3CCN(CC=Cc4ccco4)CC3)n2)c(-c2ccccc2)c1. The Hall–Kier alpha value is -3.48. The Kier molecular flexibility index (Phi) is 7.21. The lowest BCUT2D eigenvalue weighted by Gasteiger charge is -2.30. The van der Waals surface area contributed by atoms with Crippen LogP contribution in [0.5, 0.6) is 0 Å². The molecule has 178 valence electrons. The van der Waals surface area contributed by atoms with Gasteiger partial charge in [0.25, 0.3) is 5.91 Å². The summed E-state index contributed by atoms with van der Waals surface area (Å²) in [7, 11) is 0. The molecule has 1 N–H and O–H groups in total. The van der Waals surface area contributed by atoms with Gasteiger partial charge in [-0.1, -0.05) is 48.0 Å². The molecular weight excluding hydrogens is 454 g/mol. The molecule has 1 aliphatic rings. The van der Waals surface area contributed by atoms with Crippen molar-refractivity contribution in [3.63, 3.8) is 0 Å². The summed E-state index contributed by atoms with van der Waals surface area (Å²) in [6.07, 6.45) is 7.98. The minimum absolute atomic E-state index is 0.158. The van der Waals surface area contributed by atoms with E-state index in [1.54, 1.807) is 17.6 Å². The molecule has 5 rings (SSSR count). The maximum absolute atomic E-state index is 13.1. The fourth-order valence-corrected chi connectivity index (χ4v) is 5.43. The molecule has 0 radical (unpaired) electrons. The molecule has 35 heavy (non-hydrogen) atoms. The van der Waals surface area contributed by atoms with Gasteiger partial charge < -0.3 is 9.73 Å². The van der Waals surface area contributed by atoms with Crippen molar-refractivity contribution in [1.82, 2.24) is 9.88 Å². The minimum Gasteiger partial charge on any atom is -0.465 e. The van der Waals surface area contributed by atoms with Gasteiger partial charge in [0.1, 0.15) is 11.5 Å². The maximum Gasteiger partial charge on any atom is 0.275 e. The summed E-state index contributed by atoms with van der Waals surface area (Å²) in [6, 6.07) is 20.1. The van der Waals surface area contributed by atoms with E-state index in [4.69, 9.17) is 9.40 Å². The van der Waals surface area contributed by atoms with Gasteiger partial charge in [0.15, 0.2) is 0 Å². The van der Waals surface area contributed by atoms with Gasteiger partial charge in [0, 0.05) is 29.1 Å². The van der Waals surface area contributed by atoms with Crippen molar-refractivity contribution in [2.24, 2.45) is 0 Å². The van der Waals surface area contributed by atoms with Gasteiger partial charge in [-0.25, -0.2) is 4.98 Å². The predicted octanol–water partition coefficient (Wildman–Crippen LogP) is 6.86. The van der Waals surface area contributed by atoms with Crippen LogP contribution in [0.15, 0.2) is 82.8 Å². The molecule has 2 aromatic carbocycles. The van der Waals surface area contributed by atoms with Crippen molar-refractivity contribution in [2.45, 2.75) is 25.7 Å². The van der Waals surface area contributed by atoms with E-state index < -0.39 is 0 Å². The third kappa shape index (κ3) is 5.78. The number of anilines is 1. The zero-order chi connectivity index (χ0) is 24.0. The van der Waals surface area contributed by atoms with Gasteiger partial charge in [-0.2, -0.15) is 0 Å². The molecule has 5 nitrogen and oxygen atoms in total. The normalized spacial score (nSPS) is 15.0. The highest BCUT2D eigenvalue weighted by molar-refractivity contribution is 7.10. The van der Waals surface area contributed by atoms with Crippen molar-refractivity contribution in [1.29, 1.82) is 0 Å². The number of carbonyl (C=O) groups is 1. The molecule has 0 saturated carbocycles. The van der Waals surface area contributed by atoms with E-state index in [-0.39, 0.29) is 5.91 Å². The summed E-state index contributed by atoms with van der Waals surface area (Å²) < 4.78 is 5.35. The average Bonchev–Trinajstić information content (AvgIpc) is 3.59. The summed E-state index contributed by atoms with van der Waals surface area (Å²) >= 11 is 1.60. The number of thiazole rings is 1. The summed E-state index contributed by atoms with van der Waals surface area (Å²) in [5.74, 6) is 1.13. The second-order valence-electron chi connectivity index (χ2n) is 8.93. The van der Waals surface area contributed by atoms with E-state index in [9.17, 15) is 4.79 Å². The molecule has 6 heteroatoms. The smallest absolute Gasteiger partial charge is 0.275 e. The van der Waals surface area contributed by atoms with Crippen LogP contribution in [0.4, 0.5) is 5.69 Å². The van der Waals surface area contributed by atoms with E-state index in [2.05, 4.69) is 41.4 Å². The topological polar surface area (TPSA) is 58.4 Å². The second kappa shape index (κ2) is 10.8. The van der Waals surface area contributed by atoms with Gasteiger partial charge >= 0.3 is 0 Å². The minimum atomic E-state index is -0.158. The van der Waals surface area contributed by atoms with Crippen LogP contribution < -0.4 is 5.32 Å². The molecule has 0 spiro atoms. The van der Waals surface area contributed by atoms with Crippen LogP contribution in [0.1, 0.15) is 45.6 Å². The van der Waals surface area contributed by atoms with Crippen LogP contribution in [-0.4, -0.2) is 35.4 Å². The number of aromatic nitrogens is 1. The van der Waals surface area contributed by atoms with Crippen LogP contribution in [0.25, 0.3) is 17.2 Å². The predicted molar refractivity (Wildman–Crippen MR) is 143 cm³/mol. The van der Waals surface area contributed by atoms with Crippen molar-refractivity contribution in [3.05, 3.63) is 100 Å².